The molecule has 0 atom stereocenters. The number of hydrogen-bond acceptors (Lipinski definition) is 0. The Bertz CT molecular complexity index is 3650. The zero-order valence-electron chi connectivity index (χ0n) is 75.1. The van der Waals surface area contributed by atoms with Crippen LogP contribution in [0.1, 0.15) is 361 Å². The molecule has 0 radical (unpaired) electrons. The molecule has 0 amide bonds. The monoisotopic (exact) mass is 1580 g/mol. The minimum atomic E-state index is -0.163. The summed E-state index contributed by atoms with van der Waals surface area (Å²) in [5.74, 6) is 6.86. The van der Waals surface area contributed by atoms with Gasteiger partial charge in [0, 0.05) is 9.50 Å². The average Bonchev–Trinajstić information content (AvgIpc) is 0.851. The van der Waals surface area contributed by atoms with Gasteiger partial charge in [-0.15, -0.1) is 0 Å². The maximum absolute atomic E-state index is 12.4. The lowest BCUT2D eigenvalue weighted by atomic mass is 9.86. The van der Waals surface area contributed by atoms with E-state index in [0.29, 0.717) is 59.2 Å². The summed E-state index contributed by atoms with van der Waals surface area (Å²) >= 11 is 9.11. The second kappa shape index (κ2) is 57.0. The highest BCUT2D eigenvalue weighted by molar-refractivity contribution is 9.10. The number of unbranched alkanes of at least 4 members (excludes halogenated alkanes) is 1. The minimum Gasteiger partial charge on any atom is -0.207 e. The predicted molar refractivity (Wildman–Crippen MR) is 502 cm³/mol. The highest BCUT2D eigenvalue weighted by atomic mass is 79.9. The Balaban J connectivity index is 0.000000618. The molecule has 10 rings (SSSR count). The van der Waals surface area contributed by atoms with E-state index in [1.165, 1.54) is 140 Å². The molecule has 111 heavy (non-hydrogen) atoms. The number of rotatable bonds is 18. The zero-order chi connectivity index (χ0) is 83.8. The van der Waals surface area contributed by atoms with Gasteiger partial charge in [-0.2, -0.15) is 0 Å². The molecule has 0 N–H and O–H groups in total. The molecule has 0 saturated carbocycles. The Kier molecular flexibility index (Phi) is 52.3. The summed E-state index contributed by atoms with van der Waals surface area (Å²) in [7, 11) is 0. The van der Waals surface area contributed by atoms with Crippen LogP contribution in [0.5, 0.6) is 0 Å². The standard InChI is InChI=1S/3C13H20.C12H18.C11H16.C10H14.C9H11Br.C9H11Cl.C9H11F.C9H12/c1-10(2)11-6-8-12(9-7-11)13(3,4)5;1-10(2)9-12-5-7-13(8-6-12)11(3)4;1-4-5-6-12-7-9-13(10-8-12)11(2)3;1-4-5-11-6-8-12(9-7-11)10(2)3;1-4-10-5-7-11(8-6-10)9(2)3;1-8(2)10-6-4-9(3)5-7-10;3*1-7(2)8-3-5-9(10)6-4-8;1-8(2)9-6-4-3-5-7-9/h6-10H,1-5H3;5-8,10-11H,9H2,1-4H3;7-11H,4-6H2,1-3H3;6-10H,4-5H2,1-3H3;5-9H,4H2,1-3H3;4-8H,1-3H3;3*3-7H,1-2H3;3-8H,1-2H3. The van der Waals surface area contributed by atoms with Gasteiger partial charge in [-0.05, 0) is 229 Å². The van der Waals surface area contributed by atoms with Crippen LogP contribution in [0.15, 0.2) is 253 Å². The van der Waals surface area contributed by atoms with E-state index in [2.05, 4.69) is 423 Å². The van der Waals surface area contributed by atoms with E-state index in [1.54, 1.807) is 0 Å². The molecule has 0 heterocycles. The van der Waals surface area contributed by atoms with E-state index < -0.39 is 0 Å². The van der Waals surface area contributed by atoms with Gasteiger partial charge in [-0.1, -0.05) is 452 Å². The normalized spacial score (nSPS) is 10.8. The fraction of sp³-hybridized carbons (Fsp3) is 0.444. The van der Waals surface area contributed by atoms with Crippen LogP contribution in [0, 0.1) is 18.7 Å². The summed E-state index contributed by atoms with van der Waals surface area (Å²) in [6.45, 7) is 64.1. The smallest absolute Gasteiger partial charge is 0.123 e. The Hall–Kier alpha value is -7.10. The molecular weight excluding hydrogens is 1430 g/mol. The highest BCUT2D eigenvalue weighted by Crippen LogP contribution is 2.26. The van der Waals surface area contributed by atoms with E-state index in [-0.39, 0.29) is 11.2 Å². The van der Waals surface area contributed by atoms with E-state index in [9.17, 15) is 4.39 Å². The van der Waals surface area contributed by atoms with Crippen LogP contribution in [0.3, 0.4) is 0 Å². The van der Waals surface area contributed by atoms with Crippen LogP contribution in [0.25, 0.3) is 0 Å². The third-order valence-electron chi connectivity index (χ3n) is 19.3. The van der Waals surface area contributed by atoms with Crippen molar-refractivity contribution in [3.05, 3.63) is 353 Å². The molecule has 0 unspecified atom stereocenters. The van der Waals surface area contributed by atoms with Crippen molar-refractivity contribution in [1.82, 2.24) is 0 Å². The van der Waals surface area contributed by atoms with Crippen LogP contribution in [0.2, 0.25) is 5.02 Å². The minimum absolute atomic E-state index is 0.163. The first kappa shape index (κ1) is 102. The fourth-order valence-electron chi connectivity index (χ4n) is 11.2. The molecule has 10 aromatic carbocycles. The first-order chi connectivity index (χ1) is 52.3. The molecule has 0 nitrogen and oxygen atoms in total. The van der Waals surface area contributed by atoms with Crippen LogP contribution in [-0.4, -0.2) is 0 Å². The molecule has 0 aromatic heterocycles. The van der Waals surface area contributed by atoms with Gasteiger partial charge in [0.2, 0.25) is 0 Å². The first-order valence-electron chi connectivity index (χ1n) is 42.2. The summed E-state index contributed by atoms with van der Waals surface area (Å²) in [6, 6.07) is 87.2. The largest absolute Gasteiger partial charge is 0.207 e. The van der Waals surface area contributed by atoms with Gasteiger partial charge in [-0.3, -0.25) is 0 Å². The van der Waals surface area contributed by atoms with Crippen molar-refractivity contribution >= 4 is 27.5 Å². The molecule has 606 valence electrons. The fourth-order valence-corrected chi connectivity index (χ4v) is 11.5. The van der Waals surface area contributed by atoms with Gasteiger partial charge < -0.3 is 0 Å². The molecule has 10 aromatic rings. The van der Waals surface area contributed by atoms with Crippen molar-refractivity contribution in [1.29, 1.82) is 0 Å². The van der Waals surface area contributed by atoms with Crippen LogP contribution in [0.4, 0.5) is 4.39 Å². The van der Waals surface area contributed by atoms with Crippen molar-refractivity contribution < 1.29 is 4.39 Å². The summed E-state index contributed by atoms with van der Waals surface area (Å²) in [5.41, 5.74) is 22.8. The summed E-state index contributed by atoms with van der Waals surface area (Å²) < 4.78 is 13.5. The van der Waals surface area contributed by atoms with Crippen LogP contribution < -0.4 is 0 Å². The molecule has 3 heteroatoms. The summed E-state index contributed by atoms with van der Waals surface area (Å²) in [4.78, 5) is 0. The SMILES string of the molecule is CC(C)Cc1ccc(C(C)C)cc1.CC(C)c1ccc(Br)cc1.CC(C)c1ccc(C(C)(C)C)cc1.CC(C)c1ccc(Cl)cc1.CC(C)c1ccc(F)cc1.CC(C)c1ccccc1.CCCCc1ccc(C(C)C)cc1.CCCc1ccc(C(C)C)cc1.CCc1ccc(C(C)C)cc1.Cc1ccc(C(C)C)cc1. The van der Waals surface area contributed by atoms with E-state index in [1.807, 2.05) is 30.3 Å². The molecular formula is C108H153BrClF. The molecule has 0 saturated heterocycles. The second-order valence-corrected chi connectivity index (χ2v) is 35.5. The summed E-state index contributed by atoms with van der Waals surface area (Å²) in [5, 5.41) is 0.810. The van der Waals surface area contributed by atoms with Gasteiger partial charge in [0.15, 0.2) is 0 Å². The Morgan fingerprint density at radius 1 is 0.297 bits per heavy atom. The lowest BCUT2D eigenvalue weighted by molar-refractivity contribution is 0.589. The van der Waals surface area contributed by atoms with Gasteiger partial charge in [0.05, 0.1) is 0 Å². The van der Waals surface area contributed by atoms with Crippen LogP contribution in [-0.2, 0) is 31.1 Å². The van der Waals surface area contributed by atoms with E-state index >= 15 is 0 Å². The van der Waals surface area contributed by atoms with Crippen molar-refractivity contribution in [2.75, 3.05) is 0 Å². The first-order valence-corrected chi connectivity index (χ1v) is 43.3. The number of halogens is 3. The Morgan fingerprint density at radius 3 is 0.838 bits per heavy atom. The van der Waals surface area contributed by atoms with E-state index in [4.69, 9.17) is 11.6 Å². The molecule has 0 bridgehead atoms. The van der Waals surface area contributed by atoms with Crippen LogP contribution >= 0.6 is 27.5 Å². The second-order valence-electron chi connectivity index (χ2n) is 34.2. The van der Waals surface area contributed by atoms with Gasteiger partial charge in [0.25, 0.3) is 0 Å². The van der Waals surface area contributed by atoms with Crippen molar-refractivity contribution in [2.24, 2.45) is 5.92 Å². The Labute approximate surface area is 696 Å². The summed E-state index contributed by atoms with van der Waals surface area (Å²) in [6.07, 6.45) is 8.60. The third-order valence-corrected chi connectivity index (χ3v) is 20.0. The van der Waals surface area contributed by atoms with E-state index in [0.717, 1.165) is 21.8 Å². The number of benzene rings is 10. The highest BCUT2D eigenvalue weighted by Gasteiger charge is 2.13. The maximum Gasteiger partial charge on any atom is 0.123 e. The molecule has 0 fully saturated rings. The molecule has 0 aliphatic rings. The number of aryl methyl sites for hydroxylation is 4. The lowest BCUT2D eigenvalue weighted by Crippen LogP contribution is -2.10. The van der Waals surface area contributed by atoms with Gasteiger partial charge in [0.1, 0.15) is 5.82 Å². The topological polar surface area (TPSA) is 0 Å². The quantitative estimate of drug-likeness (QED) is 0.0803. The van der Waals surface area contributed by atoms with Crippen molar-refractivity contribution in [2.45, 2.75) is 310 Å². The number of hydrogen-bond donors (Lipinski definition) is 0. The molecule has 0 spiro atoms. The molecule has 0 aliphatic carbocycles. The predicted octanol–water partition coefficient (Wildman–Crippen LogP) is 35.3. The van der Waals surface area contributed by atoms with Gasteiger partial charge >= 0.3 is 0 Å². The van der Waals surface area contributed by atoms with Crippen molar-refractivity contribution in [3.63, 3.8) is 0 Å². The van der Waals surface area contributed by atoms with Crippen molar-refractivity contribution in [3.8, 4) is 0 Å². The zero-order valence-corrected chi connectivity index (χ0v) is 77.4. The molecule has 0 aliphatic heterocycles. The Morgan fingerprint density at radius 2 is 0.559 bits per heavy atom. The average molecular weight is 1590 g/mol. The van der Waals surface area contributed by atoms with Gasteiger partial charge in [-0.25, -0.2) is 4.39 Å². The lowest BCUT2D eigenvalue weighted by Gasteiger charge is -2.19. The third kappa shape index (κ3) is 46.6. The maximum atomic E-state index is 12.4.